The zero-order valence-electron chi connectivity index (χ0n) is 11.3. The highest BCUT2D eigenvalue weighted by atomic mass is 35.5. The molecule has 0 bridgehead atoms. The number of halogens is 1. The number of hydrogen-bond acceptors (Lipinski definition) is 6. The summed E-state index contributed by atoms with van der Waals surface area (Å²) >= 11 is 5.94. The molecule has 8 nitrogen and oxygen atoms in total. The Morgan fingerprint density at radius 2 is 2.33 bits per heavy atom. The van der Waals surface area contributed by atoms with Crippen LogP contribution in [0.2, 0.25) is 5.02 Å². The molecule has 1 aromatic carbocycles. The zero-order chi connectivity index (χ0) is 15.6. The predicted octanol–water partition coefficient (Wildman–Crippen LogP) is 1.39. The van der Waals surface area contributed by atoms with Gasteiger partial charge >= 0.3 is 0 Å². The first-order chi connectivity index (χ1) is 9.97. The Kier molecular flexibility index (Phi) is 4.61. The van der Waals surface area contributed by atoms with Gasteiger partial charge in [0.1, 0.15) is 5.69 Å². The van der Waals surface area contributed by atoms with Crippen LogP contribution in [0, 0.1) is 10.1 Å². The molecule has 1 aliphatic rings. The Bertz CT molecular complexity index is 581. The number of anilines is 1. The standard InChI is InChI=1S/C12H15ClN4O4/c1-21-8-2-3-16(6-8)12(18)7-4-9(13)11(15-14)10(5-7)17(19)20/h4-5,8,15H,2-3,6,14H2,1H3. The summed E-state index contributed by atoms with van der Waals surface area (Å²) in [4.78, 5) is 24.3. The van der Waals surface area contributed by atoms with Crippen molar-refractivity contribution in [1.82, 2.24) is 4.90 Å². The van der Waals surface area contributed by atoms with Crippen LogP contribution in [-0.2, 0) is 4.74 Å². The minimum atomic E-state index is -0.639. The second kappa shape index (κ2) is 6.25. The molecule has 114 valence electrons. The highest BCUT2D eigenvalue weighted by molar-refractivity contribution is 6.34. The number of likely N-dealkylation sites (tertiary alicyclic amines) is 1. The highest BCUT2D eigenvalue weighted by Gasteiger charge is 2.29. The second-order valence-electron chi connectivity index (χ2n) is 4.65. The molecular formula is C12H15ClN4O4. The summed E-state index contributed by atoms with van der Waals surface area (Å²) in [7, 11) is 1.59. The lowest BCUT2D eigenvalue weighted by atomic mass is 10.1. The number of hydrazine groups is 1. The van der Waals surface area contributed by atoms with Gasteiger partial charge in [-0.1, -0.05) is 11.6 Å². The Balaban J connectivity index is 2.32. The number of nitrogen functional groups attached to an aromatic ring is 1. The molecule has 1 aromatic rings. The van der Waals surface area contributed by atoms with Gasteiger partial charge in [0.05, 0.1) is 16.0 Å². The number of nitrogens with zero attached hydrogens (tertiary/aromatic N) is 2. The van der Waals surface area contributed by atoms with Crippen LogP contribution in [0.3, 0.4) is 0 Å². The summed E-state index contributed by atoms with van der Waals surface area (Å²) in [6.07, 6.45) is 0.727. The number of amides is 1. The number of carbonyl (C=O) groups is 1. The molecule has 1 unspecified atom stereocenters. The molecule has 0 saturated carbocycles. The lowest BCUT2D eigenvalue weighted by Gasteiger charge is -2.17. The van der Waals surface area contributed by atoms with Crippen molar-refractivity contribution in [3.05, 3.63) is 32.8 Å². The quantitative estimate of drug-likeness (QED) is 0.493. The summed E-state index contributed by atoms with van der Waals surface area (Å²) in [6.45, 7) is 0.997. The molecule has 0 spiro atoms. The predicted molar refractivity (Wildman–Crippen MR) is 77.2 cm³/mol. The number of nitrogens with two attached hydrogens (primary N) is 1. The molecule has 0 radical (unpaired) electrons. The summed E-state index contributed by atoms with van der Waals surface area (Å²) in [5, 5.41) is 11.1. The molecule has 1 saturated heterocycles. The van der Waals surface area contributed by atoms with Crippen molar-refractivity contribution in [2.45, 2.75) is 12.5 Å². The van der Waals surface area contributed by atoms with E-state index in [4.69, 9.17) is 22.2 Å². The number of nitrogens with one attached hydrogen (secondary N) is 1. The van der Waals surface area contributed by atoms with Crippen molar-refractivity contribution < 1.29 is 14.5 Å². The second-order valence-corrected chi connectivity index (χ2v) is 5.06. The van der Waals surface area contributed by atoms with Crippen molar-refractivity contribution in [1.29, 1.82) is 0 Å². The number of hydrogen-bond donors (Lipinski definition) is 2. The minimum absolute atomic E-state index is 0.00982. The number of nitro groups is 1. The largest absolute Gasteiger partial charge is 0.380 e. The van der Waals surface area contributed by atoms with Crippen molar-refractivity contribution in [3.8, 4) is 0 Å². The molecular weight excluding hydrogens is 300 g/mol. The van der Waals surface area contributed by atoms with E-state index in [9.17, 15) is 14.9 Å². The fraction of sp³-hybridized carbons (Fsp3) is 0.417. The van der Waals surface area contributed by atoms with Gasteiger partial charge in [0, 0.05) is 31.8 Å². The molecule has 1 fully saturated rings. The van der Waals surface area contributed by atoms with E-state index < -0.39 is 4.92 Å². The third-order valence-corrected chi connectivity index (χ3v) is 3.72. The van der Waals surface area contributed by atoms with Crippen LogP contribution >= 0.6 is 11.6 Å². The Labute approximate surface area is 125 Å². The van der Waals surface area contributed by atoms with Crippen molar-refractivity contribution >= 4 is 28.9 Å². The highest BCUT2D eigenvalue weighted by Crippen LogP contribution is 2.33. The van der Waals surface area contributed by atoms with Crippen LogP contribution in [0.1, 0.15) is 16.8 Å². The van der Waals surface area contributed by atoms with E-state index in [2.05, 4.69) is 5.43 Å². The average Bonchev–Trinajstić information content (AvgIpc) is 2.94. The monoisotopic (exact) mass is 314 g/mol. The molecule has 3 N–H and O–H groups in total. The minimum Gasteiger partial charge on any atom is -0.380 e. The van der Waals surface area contributed by atoms with E-state index >= 15 is 0 Å². The Morgan fingerprint density at radius 1 is 1.62 bits per heavy atom. The Hall–Kier alpha value is -1.90. The number of nitro benzene ring substituents is 1. The van der Waals surface area contributed by atoms with Crippen LogP contribution in [0.15, 0.2) is 12.1 Å². The lowest BCUT2D eigenvalue weighted by molar-refractivity contribution is -0.384. The van der Waals surface area contributed by atoms with E-state index in [-0.39, 0.29) is 34.0 Å². The van der Waals surface area contributed by atoms with E-state index in [1.807, 2.05) is 0 Å². The smallest absolute Gasteiger partial charge is 0.295 e. The van der Waals surface area contributed by atoms with Gasteiger partial charge in [0.2, 0.25) is 0 Å². The first-order valence-electron chi connectivity index (χ1n) is 6.24. The van der Waals surface area contributed by atoms with E-state index in [0.29, 0.717) is 13.1 Å². The van der Waals surface area contributed by atoms with Crippen LogP contribution in [0.4, 0.5) is 11.4 Å². The summed E-state index contributed by atoms with van der Waals surface area (Å²) < 4.78 is 5.19. The van der Waals surface area contributed by atoms with Gasteiger partial charge in [-0.2, -0.15) is 0 Å². The molecule has 21 heavy (non-hydrogen) atoms. The van der Waals surface area contributed by atoms with Crippen molar-refractivity contribution in [3.63, 3.8) is 0 Å². The molecule has 1 heterocycles. The maximum absolute atomic E-state index is 12.4. The summed E-state index contributed by atoms with van der Waals surface area (Å²) in [5.74, 6) is 4.91. The maximum Gasteiger partial charge on any atom is 0.295 e. The van der Waals surface area contributed by atoms with E-state index in [1.54, 1.807) is 12.0 Å². The third-order valence-electron chi connectivity index (χ3n) is 3.42. The normalized spacial score (nSPS) is 17.9. The summed E-state index contributed by atoms with van der Waals surface area (Å²) in [6, 6.07) is 2.54. The molecule has 9 heteroatoms. The van der Waals surface area contributed by atoms with Gasteiger partial charge in [-0.05, 0) is 12.5 Å². The molecule has 2 rings (SSSR count). The van der Waals surface area contributed by atoms with Crippen LogP contribution < -0.4 is 11.3 Å². The number of carbonyl (C=O) groups excluding carboxylic acids is 1. The topological polar surface area (TPSA) is 111 Å². The average molecular weight is 315 g/mol. The van der Waals surface area contributed by atoms with Gasteiger partial charge in [0.15, 0.2) is 0 Å². The van der Waals surface area contributed by atoms with Crippen LogP contribution in [0.5, 0.6) is 0 Å². The first kappa shape index (κ1) is 15.5. The van der Waals surface area contributed by atoms with Gasteiger partial charge < -0.3 is 15.1 Å². The SMILES string of the molecule is COC1CCN(C(=O)c2cc(Cl)c(NN)c([N+](=O)[O-])c2)C1. The van der Waals surface area contributed by atoms with Crippen LogP contribution in [-0.4, -0.2) is 42.0 Å². The van der Waals surface area contributed by atoms with Crippen LogP contribution in [0.25, 0.3) is 0 Å². The zero-order valence-corrected chi connectivity index (χ0v) is 12.1. The number of rotatable bonds is 4. The van der Waals surface area contributed by atoms with Gasteiger partial charge in [-0.25, -0.2) is 0 Å². The number of ether oxygens (including phenoxy) is 1. The Morgan fingerprint density at radius 3 is 2.86 bits per heavy atom. The molecule has 0 aliphatic carbocycles. The fourth-order valence-corrected chi connectivity index (χ4v) is 2.56. The molecule has 1 aliphatic heterocycles. The maximum atomic E-state index is 12.4. The third kappa shape index (κ3) is 3.07. The molecule has 1 atom stereocenters. The van der Waals surface area contributed by atoms with Gasteiger partial charge in [0.25, 0.3) is 11.6 Å². The molecule has 0 aromatic heterocycles. The fourth-order valence-electron chi connectivity index (χ4n) is 2.29. The first-order valence-corrected chi connectivity index (χ1v) is 6.62. The van der Waals surface area contributed by atoms with E-state index in [1.165, 1.54) is 12.1 Å². The van der Waals surface area contributed by atoms with Crippen molar-refractivity contribution in [2.24, 2.45) is 5.84 Å². The van der Waals surface area contributed by atoms with E-state index in [0.717, 1.165) is 6.42 Å². The lowest BCUT2D eigenvalue weighted by Crippen LogP contribution is -2.30. The number of methoxy groups -OCH3 is 1. The number of benzene rings is 1. The van der Waals surface area contributed by atoms with Gasteiger partial charge in [-0.15, -0.1) is 0 Å². The summed E-state index contributed by atoms with van der Waals surface area (Å²) in [5.41, 5.74) is 1.98. The molecule has 1 amide bonds. The van der Waals surface area contributed by atoms with Gasteiger partial charge in [-0.3, -0.25) is 20.8 Å². The van der Waals surface area contributed by atoms with Crippen molar-refractivity contribution in [2.75, 3.05) is 25.6 Å².